The molecule has 6 rings (SSSR count). The summed E-state index contributed by atoms with van der Waals surface area (Å²) in [7, 11) is 2.96. The molecule has 0 radical (unpaired) electrons. The van der Waals surface area contributed by atoms with E-state index in [0.717, 1.165) is 44.1 Å². The maximum absolute atomic E-state index is 12.1. The first-order valence-electron chi connectivity index (χ1n) is 23.9. The maximum Gasteiger partial charge on any atom is 0.217 e. The van der Waals surface area contributed by atoms with Crippen LogP contribution in [-0.2, 0) is 47.5 Å². The van der Waals surface area contributed by atoms with Crippen molar-refractivity contribution in [2.24, 2.45) is 22.7 Å². The van der Waals surface area contributed by atoms with E-state index in [1.54, 1.807) is 0 Å². The van der Waals surface area contributed by atoms with Crippen molar-refractivity contribution in [3.05, 3.63) is 12.2 Å². The molecule has 7 N–H and O–H groups in total. The highest BCUT2D eigenvalue weighted by Gasteiger charge is 2.62. The Morgan fingerprint density at radius 2 is 1.20 bits per heavy atom. The first-order chi connectivity index (χ1) is 30.3. The summed E-state index contributed by atoms with van der Waals surface area (Å²) in [4.78, 5) is 24.2. The normalized spacial score (nSPS) is 43.9. The van der Waals surface area contributed by atoms with E-state index >= 15 is 0 Å². The SMILES string of the molecule is C=C(CCC(O)C1(C)CCC(C(C)(C)OC2OC(COC)C(O)C(O)C2NC(C)=O)O1)C1CCC2C3(C)CCC(C(C)(C)OC4OC(COC)C(O)C(O)C4NC(C)=O)OC3CCC12C. The molecular weight excluding hydrogens is 845 g/mol. The zero-order chi connectivity index (χ0) is 48.0. The molecule has 4 saturated heterocycles. The van der Waals surface area contributed by atoms with Crippen molar-refractivity contribution >= 4 is 11.8 Å². The van der Waals surface area contributed by atoms with Gasteiger partial charge in [0.2, 0.25) is 11.8 Å². The standard InChI is InChI=1S/C48H82N2O15/c1-25(13-16-32(53)48(10)22-19-34(63-48)45(6,7)65-43-37(50-27(3)52)41(57)39(55)30(61-43)24-59-12)28-14-15-31-46(28,8)20-18-35-47(31,9)21-17-33(62-35)44(4,5)64-42-36(49-26(2)51)40(56)38(54)29(60-42)23-58-11/h28-43,53-57H,1,13-24H2,2-12H3,(H,49,51)(H,50,52). The van der Waals surface area contributed by atoms with Crippen LogP contribution in [-0.4, -0.2) is 167 Å². The van der Waals surface area contributed by atoms with E-state index in [-0.39, 0.29) is 42.2 Å². The van der Waals surface area contributed by atoms with E-state index < -0.39 is 96.2 Å². The molecule has 65 heavy (non-hydrogen) atoms. The van der Waals surface area contributed by atoms with Crippen LogP contribution < -0.4 is 10.6 Å². The first kappa shape index (κ1) is 52.5. The number of aliphatic hydroxyl groups excluding tert-OH is 5. The number of carbonyl (C=O) groups is 2. The third-order valence-electron chi connectivity index (χ3n) is 16.5. The van der Waals surface area contributed by atoms with Crippen LogP contribution in [0.4, 0.5) is 0 Å². The van der Waals surface area contributed by atoms with E-state index in [0.29, 0.717) is 37.5 Å². The summed E-state index contributed by atoms with van der Waals surface area (Å²) in [6, 6.07) is -2.02. The summed E-state index contributed by atoms with van der Waals surface area (Å²) in [5.74, 6) is -0.0751. The monoisotopic (exact) mass is 927 g/mol. The first-order valence-corrected chi connectivity index (χ1v) is 23.9. The summed E-state index contributed by atoms with van der Waals surface area (Å²) < 4.78 is 49.4. The van der Waals surface area contributed by atoms with Gasteiger partial charge in [0.05, 0.1) is 54.4 Å². The highest BCUT2D eigenvalue weighted by Crippen LogP contribution is 2.66. The van der Waals surface area contributed by atoms with Gasteiger partial charge in [0.15, 0.2) is 12.6 Å². The lowest BCUT2D eigenvalue weighted by Gasteiger charge is -2.59. The van der Waals surface area contributed by atoms with Gasteiger partial charge in [-0.1, -0.05) is 26.0 Å². The summed E-state index contributed by atoms with van der Waals surface area (Å²) in [5.41, 5.74) is -1.55. The van der Waals surface area contributed by atoms with Crippen LogP contribution >= 0.6 is 0 Å². The topological polar surface area (TPSA) is 233 Å². The molecule has 17 heteroatoms. The van der Waals surface area contributed by atoms with Gasteiger partial charge in [0, 0.05) is 28.1 Å². The van der Waals surface area contributed by atoms with Gasteiger partial charge in [-0.25, -0.2) is 0 Å². The van der Waals surface area contributed by atoms with Gasteiger partial charge in [-0.3, -0.25) is 9.59 Å². The fraction of sp³-hybridized carbons (Fsp3) is 0.917. The van der Waals surface area contributed by atoms with E-state index in [4.69, 9.17) is 37.9 Å². The lowest BCUT2D eigenvalue weighted by atomic mass is 9.51. The highest BCUT2D eigenvalue weighted by atomic mass is 16.7. The molecular formula is C48H82N2O15. The minimum absolute atomic E-state index is 0.00755. The summed E-state index contributed by atoms with van der Waals surface area (Å²) >= 11 is 0. The van der Waals surface area contributed by atoms with E-state index in [2.05, 4.69) is 31.1 Å². The Kier molecular flexibility index (Phi) is 16.4. The number of methoxy groups -OCH3 is 2. The molecule has 4 heterocycles. The summed E-state index contributed by atoms with van der Waals surface area (Å²) in [6.45, 7) is 21.8. The van der Waals surface area contributed by atoms with Crippen LogP contribution in [0.3, 0.4) is 0 Å². The third-order valence-corrected chi connectivity index (χ3v) is 16.5. The second kappa shape index (κ2) is 20.2. The predicted molar refractivity (Wildman–Crippen MR) is 237 cm³/mol. The molecule has 0 aromatic rings. The van der Waals surface area contributed by atoms with Crippen molar-refractivity contribution in [1.82, 2.24) is 10.6 Å². The van der Waals surface area contributed by atoms with Crippen molar-refractivity contribution in [3.63, 3.8) is 0 Å². The molecule has 6 aliphatic rings. The number of hydrogen-bond acceptors (Lipinski definition) is 15. The number of nitrogens with one attached hydrogen (secondary N) is 2. The number of ether oxygens (including phenoxy) is 8. The second-order valence-corrected chi connectivity index (χ2v) is 21.9. The van der Waals surface area contributed by atoms with E-state index in [1.807, 2.05) is 34.6 Å². The molecule has 0 aromatic carbocycles. The maximum atomic E-state index is 12.1. The van der Waals surface area contributed by atoms with Gasteiger partial charge < -0.3 is 74.1 Å². The van der Waals surface area contributed by atoms with Gasteiger partial charge in [-0.15, -0.1) is 0 Å². The Labute approximate surface area is 385 Å². The molecule has 17 nitrogen and oxygen atoms in total. The minimum Gasteiger partial charge on any atom is -0.390 e. The Balaban J connectivity index is 1.04. The number of rotatable bonds is 17. The largest absolute Gasteiger partial charge is 0.390 e. The third kappa shape index (κ3) is 10.7. The lowest BCUT2D eigenvalue weighted by Crippen LogP contribution is -2.66. The number of aliphatic hydroxyl groups is 5. The van der Waals surface area contributed by atoms with E-state index in [1.165, 1.54) is 28.1 Å². The minimum atomic E-state index is -1.35. The molecule has 374 valence electrons. The van der Waals surface area contributed by atoms with Crippen LogP contribution in [0.1, 0.15) is 127 Å². The molecule has 19 atom stereocenters. The van der Waals surface area contributed by atoms with Gasteiger partial charge in [0.1, 0.15) is 48.7 Å². The van der Waals surface area contributed by atoms with Crippen molar-refractivity contribution in [2.75, 3.05) is 27.4 Å². The van der Waals surface area contributed by atoms with Crippen LogP contribution in [0.2, 0.25) is 0 Å². The van der Waals surface area contributed by atoms with Gasteiger partial charge in [-0.05, 0) is 121 Å². The fourth-order valence-electron chi connectivity index (χ4n) is 12.7. The van der Waals surface area contributed by atoms with Crippen molar-refractivity contribution in [1.29, 1.82) is 0 Å². The van der Waals surface area contributed by atoms with Crippen LogP contribution in [0, 0.1) is 22.7 Å². The number of allylic oxidation sites excluding steroid dienone is 1. The number of fused-ring (bicyclic) bond motifs is 3. The number of amides is 2. The molecule has 6 fully saturated rings. The Bertz CT molecular complexity index is 1670. The summed E-state index contributed by atoms with van der Waals surface area (Å²) in [5, 5.41) is 60.5. The number of carbonyl (C=O) groups excluding carboxylic acids is 2. The Morgan fingerprint density at radius 3 is 1.71 bits per heavy atom. The van der Waals surface area contributed by atoms with Gasteiger partial charge in [-0.2, -0.15) is 0 Å². The predicted octanol–water partition coefficient (Wildman–Crippen LogP) is 2.79. The lowest BCUT2D eigenvalue weighted by molar-refractivity contribution is -0.320. The van der Waals surface area contributed by atoms with Crippen molar-refractivity contribution in [2.45, 2.75) is 229 Å². The Morgan fingerprint density at radius 1 is 0.708 bits per heavy atom. The average molecular weight is 927 g/mol. The molecule has 2 saturated carbocycles. The van der Waals surface area contributed by atoms with Crippen LogP contribution in [0.15, 0.2) is 12.2 Å². The molecule has 0 spiro atoms. The van der Waals surface area contributed by atoms with Gasteiger partial charge >= 0.3 is 0 Å². The number of hydrogen-bond donors (Lipinski definition) is 7. The zero-order valence-electron chi connectivity index (χ0n) is 40.7. The van der Waals surface area contributed by atoms with Crippen molar-refractivity contribution in [3.8, 4) is 0 Å². The molecule has 2 amide bonds. The second-order valence-electron chi connectivity index (χ2n) is 21.9. The molecule has 4 aliphatic heterocycles. The quantitative estimate of drug-likeness (QED) is 0.104. The average Bonchev–Trinajstić information content (AvgIpc) is 3.82. The zero-order valence-corrected chi connectivity index (χ0v) is 40.7. The van der Waals surface area contributed by atoms with Gasteiger partial charge in [0.25, 0.3) is 0 Å². The van der Waals surface area contributed by atoms with Crippen molar-refractivity contribution < 1.29 is 73.0 Å². The van der Waals surface area contributed by atoms with Crippen LogP contribution in [0.5, 0.6) is 0 Å². The molecule has 2 aliphatic carbocycles. The van der Waals surface area contributed by atoms with E-state index in [9.17, 15) is 35.1 Å². The van der Waals surface area contributed by atoms with Crippen LogP contribution in [0.25, 0.3) is 0 Å². The summed E-state index contributed by atoms with van der Waals surface area (Å²) in [6.07, 6.45) is -2.57. The Hall–Kier alpha value is -1.84. The smallest absolute Gasteiger partial charge is 0.217 e. The molecule has 19 unspecified atom stereocenters. The highest BCUT2D eigenvalue weighted by molar-refractivity contribution is 5.73. The molecule has 0 bridgehead atoms. The molecule has 0 aromatic heterocycles. The fourth-order valence-corrected chi connectivity index (χ4v) is 12.7.